The molecule has 1 aromatic rings. The van der Waals surface area contributed by atoms with E-state index in [-0.39, 0.29) is 0 Å². The maximum atomic E-state index is 9.35. The molecule has 1 heterocycles. The third-order valence-electron chi connectivity index (χ3n) is 3.31. The molecular formula is C14H18N4. The predicted octanol–water partition coefficient (Wildman–Crippen LogP) is 2.60. The number of aromatic nitrogens is 2. The van der Waals surface area contributed by atoms with Gasteiger partial charge in [0.1, 0.15) is 11.6 Å². The smallest absolute Gasteiger partial charge is 0.167 e. The Morgan fingerprint density at radius 2 is 2.00 bits per heavy atom. The quantitative estimate of drug-likeness (QED) is 0.824. The van der Waals surface area contributed by atoms with Crippen molar-refractivity contribution in [3.63, 3.8) is 0 Å². The molecule has 4 heteroatoms. The maximum absolute atomic E-state index is 9.35. The number of nitriles is 1. The summed E-state index contributed by atoms with van der Waals surface area (Å²) in [5.74, 6) is 0.639. The molecule has 1 aromatic heterocycles. The van der Waals surface area contributed by atoms with Gasteiger partial charge in [-0.25, -0.2) is 0 Å². The SMILES string of the molecule is CCc1nnc(NC2CC=CC2)c(C#N)c1CC. The Balaban J connectivity index is 2.32. The predicted molar refractivity (Wildman–Crippen MR) is 71.3 cm³/mol. The summed E-state index contributed by atoms with van der Waals surface area (Å²) in [7, 11) is 0. The monoisotopic (exact) mass is 242 g/mol. The molecule has 0 spiro atoms. The Kier molecular flexibility index (Phi) is 3.93. The van der Waals surface area contributed by atoms with Crippen molar-refractivity contribution in [1.82, 2.24) is 10.2 Å². The van der Waals surface area contributed by atoms with Crippen molar-refractivity contribution in [3.05, 3.63) is 29.0 Å². The van der Waals surface area contributed by atoms with E-state index in [1.807, 2.05) is 6.92 Å². The standard InChI is InChI=1S/C14H18N4/c1-3-11-12(9-15)14(18-17-13(11)4-2)16-10-7-5-6-8-10/h5-6,10H,3-4,7-8H2,1-2H3,(H,16,18). The van der Waals surface area contributed by atoms with Crippen LogP contribution in [0.15, 0.2) is 12.2 Å². The Labute approximate surface area is 108 Å². The third kappa shape index (κ3) is 2.35. The largest absolute Gasteiger partial charge is 0.364 e. The Morgan fingerprint density at radius 3 is 2.56 bits per heavy atom. The first-order valence-corrected chi connectivity index (χ1v) is 6.50. The summed E-state index contributed by atoms with van der Waals surface area (Å²) < 4.78 is 0. The molecule has 18 heavy (non-hydrogen) atoms. The van der Waals surface area contributed by atoms with E-state index in [1.54, 1.807) is 0 Å². The van der Waals surface area contributed by atoms with Crippen LogP contribution in [0.2, 0.25) is 0 Å². The first-order chi connectivity index (χ1) is 8.80. The number of nitrogens with one attached hydrogen (secondary N) is 1. The number of hydrogen-bond acceptors (Lipinski definition) is 4. The van der Waals surface area contributed by atoms with Crippen LogP contribution in [0.1, 0.15) is 43.5 Å². The van der Waals surface area contributed by atoms with Crippen molar-refractivity contribution >= 4 is 5.82 Å². The molecule has 0 fully saturated rings. The summed E-state index contributed by atoms with van der Waals surface area (Å²) in [5.41, 5.74) is 2.63. The lowest BCUT2D eigenvalue weighted by Gasteiger charge is -2.16. The molecule has 0 unspecified atom stereocenters. The summed E-state index contributed by atoms with van der Waals surface area (Å²) in [6.07, 6.45) is 7.92. The van der Waals surface area contributed by atoms with E-state index in [0.29, 0.717) is 17.4 Å². The first kappa shape index (κ1) is 12.6. The fourth-order valence-electron chi connectivity index (χ4n) is 2.32. The van der Waals surface area contributed by atoms with E-state index in [0.717, 1.165) is 36.9 Å². The van der Waals surface area contributed by atoms with Gasteiger partial charge in [0, 0.05) is 6.04 Å². The molecule has 1 aliphatic carbocycles. The number of rotatable bonds is 4. The van der Waals surface area contributed by atoms with Gasteiger partial charge in [-0.05, 0) is 31.2 Å². The zero-order chi connectivity index (χ0) is 13.0. The van der Waals surface area contributed by atoms with Crippen LogP contribution in [0.3, 0.4) is 0 Å². The van der Waals surface area contributed by atoms with Gasteiger partial charge < -0.3 is 5.32 Å². The lowest BCUT2D eigenvalue weighted by molar-refractivity contribution is 0.767. The van der Waals surface area contributed by atoms with E-state index in [2.05, 4.69) is 40.7 Å². The maximum Gasteiger partial charge on any atom is 0.167 e. The summed E-state index contributed by atoms with van der Waals surface area (Å²) in [5, 5.41) is 21.1. The van der Waals surface area contributed by atoms with Crippen molar-refractivity contribution in [3.8, 4) is 6.07 Å². The molecule has 0 radical (unpaired) electrons. The van der Waals surface area contributed by atoms with Gasteiger partial charge >= 0.3 is 0 Å². The molecule has 1 aliphatic rings. The van der Waals surface area contributed by atoms with Crippen LogP contribution in [0.4, 0.5) is 5.82 Å². The minimum absolute atomic E-state index is 0.351. The lowest BCUT2D eigenvalue weighted by atomic mass is 10.0. The Morgan fingerprint density at radius 1 is 1.28 bits per heavy atom. The number of nitrogens with zero attached hydrogens (tertiary/aromatic N) is 3. The summed E-state index contributed by atoms with van der Waals surface area (Å²) in [6.45, 7) is 4.09. The van der Waals surface area contributed by atoms with E-state index < -0.39 is 0 Å². The summed E-state index contributed by atoms with van der Waals surface area (Å²) >= 11 is 0. The van der Waals surface area contributed by atoms with Gasteiger partial charge in [0.25, 0.3) is 0 Å². The zero-order valence-corrected chi connectivity index (χ0v) is 10.9. The molecule has 0 amide bonds. The van der Waals surface area contributed by atoms with E-state index in [4.69, 9.17) is 0 Å². The van der Waals surface area contributed by atoms with E-state index in [9.17, 15) is 5.26 Å². The Bertz CT molecular complexity index is 491. The molecule has 0 aliphatic heterocycles. The second-order valence-corrected chi connectivity index (χ2v) is 4.45. The molecule has 2 rings (SSSR count). The van der Waals surface area contributed by atoms with Crippen LogP contribution >= 0.6 is 0 Å². The van der Waals surface area contributed by atoms with Crippen LogP contribution in [0.25, 0.3) is 0 Å². The van der Waals surface area contributed by atoms with Crippen LogP contribution in [-0.4, -0.2) is 16.2 Å². The van der Waals surface area contributed by atoms with Crippen LogP contribution in [-0.2, 0) is 12.8 Å². The fourth-order valence-corrected chi connectivity index (χ4v) is 2.32. The van der Waals surface area contributed by atoms with Gasteiger partial charge in [-0.3, -0.25) is 0 Å². The fraction of sp³-hybridized carbons (Fsp3) is 0.500. The van der Waals surface area contributed by atoms with Gasteiger partial charge in [-0.1, -0.05) is 26.0 Å². The molecule has 0 saturated carbocycles. The topological polar surface area (TPSA) is 61.6 Å². The molecule has 0 saturated heterocycles. The van der Waals surface area contributed by atoms with Crippen LogP contribution in [0, 0.1) is 11.3 Å². The van der Waals surface area contributed by atoms with Crippen LogP contribution < -0.4 is 5.32 Å². The van der Waals surface area contributed by atoms with E-state index in [1.165, 1.54) is 0 Å². The number of anilines is 1. The summed E-state index contributed by atoms with van der Waals surface area (Å²) in [6, 6.07) is 2.63. The van der Waals surface area contributed by atoms with Gasteiger partial charge in [0.2, 0.25) is 0 Å². The normalized spacial score (nSPS) is 14.7. The molecular weight excluding hydrogens is 224 g/mol. The molecule has 4 nitrogen and oxygen atoms in total. The van der Waals surface area contributed by atoms with Crippen molar-refractivity contribution in [1.29, 1.82) is 5.26 Å². The molecule has 0 atom stereocenters. The molecule has 0 aromatic carbocycles. The zero-order valence-electron chi connectivity index (χ0n) is 10.9. The molecule has 0 bridgehead atoms. The highest BCUT2D eigenvalue weighted by atomic mass is 15.2. The van der Waals surface area contributed by atoms with Crippen molar-refractivity contribution < 1.29 is 0 Å². The minimum Gasteiger partial charge on any atom is -0.364 e. The average molecular weight is 242 g/mol. The van der Waals surface area contributed by atoms with Gasteiger partial charge in [0.15, 0.2) is 5.82 Å². The highest BCUT2D eigenvalue weighted by Crippen LogP contribution is 2.22. The summed E-state index contributed by atoms with van der Waals surface area (Å²) in [4.78, 5) is 0. The lowest BCUT2D eigenvalue weighted by Crippen LogP contribution is -2.19. The van der Waals surface area contributed by atoms with E-state index >= 15 is 0 Å². The van der Waals surface area contributed by atoms with Gasteiger partial charge in [-0.2, -0.15) is 10.4 Å². The highest BCUT2D eigenvalue weighted by molar-refractivity contribution is 5.57. The number of aryl methyl sites for hydroxylation is 1. The third-order valence-corrected chi connectivity index (χ3v) is 3.31. The highest BCUT2D eigenvalue weighted by Gasteiger charge is 2.17. The minimum atomic E-state index is 0.351. The van der Waals surface area contributed by atoms with Crippen molar-refractivity contribution in [2.75, 3.05) is 5.32 Å². The molecule has 94 valence electrons. The second kappa shape index (κ2) is 5.63. The van der Waals surface area contributed by atoms with Crippen LogP contribution in [0.5, 0.6) is 0 Å². The first-order valence-electron chi connectivity index (χ1n) is 6.50. The Hall–Kier alpha value is -1.89. The van der Waals surface area contributed by atoms with Gasteiger partial charge in [0.05, 0.1) is 5.69 Å². The van der Waals surface area contributed by atoms with Crippen molar-refractivity contribution in [2.45, 2.75) is 45.6 Å². The van der Waals surface area contributed by atoms with Crippen molar-refractivity contribution in [2.24, 2.45) is 0 Å². The second-order valence-electron chi connectivity index (χ2n) is 4.45. The van der Waals surface area contributed by atoms with Gasteiger partial charge in [-0.15, -0.1) is 5.10 Å². The molecule has 1 N–H and O–H groups in total. The number of hydrogen-bond donors (Lipinski definition) is 1. The average Bonchev–Trinajstić information content (AvgIpc) is 2.90.